The van der Waals surface area contributed by atoms with Crippen LogP contribution in [0.25, 0.3) is 27.3 Å². The van der Waals surface area contributed by atoms with Crippen molar-refractivity contribution in [2.75, 3.05) is 0 Å². The van der Waals surface area contributed by atoms with Crippen LogP contribution in [0.15, 0.2) is 59.5 Å². The van der Waals surface area contributed by atoms with Gasteiger partial charge in [0, 0.05) is 9.75 Å². The van der Waals surface area contributed by atoms with E-state index in [4.69, 9.17) is 0 Å². The average molecular weight is 337 g/mol. The van der Waals surface area contributed by atoms with Crippen LogP contribution < -0.4 is 5.32 Å². The summed E-state index contributed by atoms with van der Waals surface area (Å²) < 4.78 is 0. The van der Waals surface area contributed by atoms with Crippen molar-refractivity contribution in [3.8, 4) is 10.4 Å². The number of hydrogen-bond donors (Lipinski definition) is 1. The summed E-state index contributed by atoms with van der Waals surface area (Å²) in [6, 6.07) is 18.6. The number of benzene rings is 2. The van der Waals surface area contributed by atoms with E-state index in [9.17, 15) is 9.59 Å². The fourth-order valence-corrected chi connectivity index (χ4v) is 4.30. The first-order chi connectivity index (χ1) is 11.2. The molecule has 3 aromatic rings. The van der Waals surface area contributed by atoms with Gasteiger partial charge in [0.2, 0.25) is 0 Å². The molecule has 0 bridgehead atoms. The van der Waals surface area contributed by atoms with Crippen molar-refractivity contribution in [3.05, 3.63) is 64.4 Å². The Kier molecular flexibility index (Phi) is 3.52. The highest BCUT2D eigenvalue weighted by Gasteiger charge is 2.25. The molecule has 0 unspecified atom stereocenters. The number of rotatable bonds is 2. The van der Waals surface area contributed by atoms with Crippen molar-refractivity contribution in [2.24, 2.45) is 0 Å². The number of thioether (sulfide) groups is 1. The third-order valence-corrected chi connectivity index (χ3v) is 5.47. The van der Waals surface area contributed by atoms with Gasteiger partial charge in [0.05, 0.1) is 4.91 Å². The molecule has 0 atom stereocenters. The number of fused-ring (bicyclic) bond motifs is 1. The van der Waals surface area contributed by atoms with Crippen LogP contribution in [0.4, 0.5) is 4.79 Å². The van der Waals surface area contributed by atoms with Gasteiger partial charge in [-0.15, -0.1) is 11.3 Å². The molecule has 0 saturated carbocycles. The van der Waals surface area contributed by atoms with Crippen molar-refractivity contribution in [3.63, 3.8) is 0 Å². The molecular formula is C18H11NO2S2. The first kappa shape index (κ1) is 14.2. The number of imide groups is 1. The maximum absolute atomic E-state index is 11.6. The highest BCUT2D eigenvalue weighted by atomic mass is 32.2. The van der Waals surface area contributed by atoms with E-state index >= 15 is 0 Å². The van der Waals surface area contributed by atoms with Gasteiger partial charge < -0.3 is 0 Å². The summed E-state index contributed by atoms with van der Waals surface area (Å²) in [5, 5.41) is 4.37. The second-order valence-corrected chi connectivity index (χ2v) is 7.21. The molecule has 2 aromatic carbocycles. The molecule has 2 amide bonds. The minimum Gasteiger partial charge on any atom is -0.282 e. The minimum atomic E-state index is -0.319. The fourth-order valence-electron chi connectivity index (χ4n) is 2.57. The van der Waals surface area contributed by atoms with Gasteiger partial charge in [-0.1, -0.05) is 42.5 Å². The highest BCUT2D eigenvalue weighted by Crippen LogP contribution is 2.35. The number of carbonyl (C=O) groups is 2. The second kappa shape index (κ2) is 5.68. The Bertz CT molecular complexity index is 967. The lowest BCUT2D eigenvalue weighted by Gasteiger charge is -2.03. The van der Waals surface area contributed by atoms with Crippen molar-refractivity contribution in [2.45, 2.75) is 0 Å². The van der Waals surface area contributed by atoms with Crippen molar-refractivity contribution < 1.29 is 9.59 Å². The van der Waals surface area contributed by atoms with E-state index < -0.39 is 0 Å². The monoisotopic (exact) mass is 337 g/mol. The zero-order valence-electron chi connectivity index (χ0n) is 11.9. The number of amides is 2. The lowest BCUT2D eigenvalue weighted by atomic mass is 10.0. The molecule has 0 spiro atoms. The van der Waals surface area contributed by atoms with E-state index in [1.54, 1.807) is 17.4 Å². The largest absolute Gasteiger partial charge is 0.290 e. The zero-order chi connectivity index (χ0) is 15.8. The Balaban J connectivity index is 1.74. The lowest BCUT2D eigenvalue weighted by Crippen LogP contribution is -2.17. The van der Waals surface area contributed by atoms with E-state index in [0.717, 1.165) is 21.5 Å². The molecule has 5 heteroatoms. The van der Waals surface area contributed by atoms with Crippen molar-refractivity contribution >= 4 is 51.1 Å². The third-order valence-electron chi connectivity index (χ3n) is 3.60. The zero-order valence-corrected chi connectivity index (χ0v) is 13.5. The number of hydrogen-bond acceptors (Lipinski definition) is 4. The van der Waals surface area contributed by atoms with E-state index in [2.05, 4.69) is 41.7 Å². The van der Waals surface area contributed by atoms with Crippen molar-refractivity contribution in [1.82, 2.24) is 5.32 Å². The van der Waals surface area contributed by atoms with Crippen LogP contribution in [0.2, 0.25) is 0 Å². The minimum absolute atomic E-state index is 0.313. The van der Waals surface area contributed by atoms with Crippen LogP contribution in [0.1, 0.15) is 4.88 Å². The quantitative estimate of drug-likeness (QED) is 0.677. The maximum Gasteiger partial charge on any atom is 0.290 e. The topological polar surface area (TPSA) is 46.2 Å². The van der Waals surface area contributed by atoms with E-state index in [-0.39, 0.29) is 11.1 Å². The fraction of sp³-hybridized carbons (Fsp3) is 0. The summed E-state index contributed by atoms with van der Waals surface area (Å²) >= 11 is 2.55. The normalized spacial score (nSPS) is 16.3. The van der Waals surface area contributed by atoms with Gasteiger partial charge in [-0.25, -0.2) is 0 Å². The van der Waals surface area contributed by atoms with Gasteiger partial charge in [-0.05, 0) is 46.3 Å². The Morgan fingerprint density at radius 1 is 0.913 bits per heavy atom. The Morgan fingerprint density at radius 3 is 2.57 bits per heavy atom. The molecule has 1 aliphatic heterocycles. The molecule has 3 nitrogen and oxygen atoms in total. The van der Waals surface area contributed by atoms with Crippen LogP contribution in [0.3, 0.4) is 0 Å². The van der Waals surface area contributed by atoms with Gasteiger partial charge in [-0.3, -0.25) is 14.9 Å². The van der Waals surface area contributed by atoms with Crippen molar-refractivity contribution in [1.29, 1.82) is 0 Å². The molecular weight excluding hydrogens is 326 g/mol. The molecule has 1 aliphatic rings. The van der Waals surface area contributed by atoms with E-state index in [1.807, 2.05) is 18.2 Å². The standard InChI is InChI=1S/C18H11NO2S2/c20-17-16(23-18(21)19-17)10-12-8-9-15(22-12)14-7-3-5-11-4-1-2-6-13(11)14/h1-10H,(H,19,20,21)/b16-10-. The molecule has 1 fully saturated rings. The van der Waals surface area contributed by atoms with E-state index in [0.29, 0.717) is 4.91 Å². The van der Waals surface area contributed by atoms with Gasteiger partial charge >= 0.3 is 0 Å². The van der Waals surface area contributed by atoms with Gasteiger partial charge in [0.25, 0.3) is 11.1 Å². The summed E-state index contributed by atoms with van der Waals surface area (Å²) in [6.45, 7) is 0. The van der Waals surface area contributed by atoms with Crippen LogP contribution in [0.5, 0.6) is 0 Å². The summed E-state index contributed by atoms with van der Waals surface area (Å²) in [5.74, 6) is -0.319. The predicted octanol–water partition coefficient (Wildman–Crippen LogP) is 4.89. The molecule has 4 rings (SSSR count). The molecule has 23 heavy (non-hydrogen) atoms. The number of nitrogens with one attached hydrogen (secondary N) is 1. The second-order valence-electron chi connectivity index (χ2n) is 5.08. The molecule has 112 valence electrons. The SMILES string of the molecule is O=C1NC(=O)/C(=C/c2ccc(-c3cccc4ccccc34)s2)S1. The average Bonchev–Trinajstić information content (AvgIpc) is 3.14. The molecule has 0 radical (unpaired) electrons. The van der Waals surface area contributed by atoms with Gasteiger partial charge in [0.1, 0.15) is 0 Å². The molecule has 1 saturated heterocycles. The summed E-state index contributed by atoms with van der Waals surface area (Å²) in [6.07, 6.45) is 1.77. The number of thiophene rings is 1. The van der Waals surface area contributed by atoms with Crippen LogP contribution in [-0.2, 0) is 4.79 Å². The summed E-state index contributed by atoms with van der Waals surface area (Å²) in [5.41, 5.74) is 1.18. The Labute approximate surface area is 141 Å². The van der Waals surface area contributed by atoms with Gasteiger partial charge in [0.15, 0.2) is 0 Å². The summed E-state index contributed by atoms with van der Waals surface area (Å²) in [4.78, 5) is 25.4. The molecule has 1 aromatic heterocycles. The predicted molar refractivity (Wildman–Crippen MR) is 96.4 cm³/mol. The number of carbonyl (C=O) groups excluding carboxylic acids is 2. The maximum atomic E-state index is 11.6. The molecule has 0 aliphatic carbocycles. The van der Waals surface area contributed by atoms with Gasteiger partial charge in [-0.2, -0.15) is 0 Å². The van der Waals surface area contributed by atoms with Crippen LogP contribution in [0, 0.1) is 0 Å². The Hall–Kier alpha value is -2.37. The van der Waals surface area contributed by atoms with Crippen LogP contribution >= 0.6 is 23.1 Å². The van der Waals surface area contributed by atoms with Crippen LogP contribution in [-0.4, -0.2) is 11.1 Å². The third kappa shape index (κ3) is 2.69. The molecule has 1 N–H and O–H groups in total. The first-order valence-electron chi connectivity index (χ1n) is 7.03. The lowest BCUT2D eigenvalue weighted by molar-refractivity contribution is -0.115. The molecule has 2 heterocycles. The van der Waals surface area contributed by atoms with E-state index in [1.165, 1.54) is 16.3 Å². The summed E-state index contributed by atoms with van der Waals surface area (Å²) in [7, 11) is 0. The first-order valence-corrected chi connectivity index (χ1v) is 8.67. The Morgan fingerprint density at radius 2 is 1.74 bits per heavy atom. The smallest absolute Gasteiger partial charge is 0.282 e. The highest BCUT2D eigenvalue weighted by molar-refractivity contribution is 8.18.